The van der Waals surface area contributed by atoms with Gasteiger partial charge in [0.05, 0.1) is 5.69 Å². The Bertz CT molecular complexity index is 1170. The number of fused-ring (bicyclic) bond motifs is 1. The third-order valence-corrected chi connectivity index (χ3v) is 5.74. The lowest BCUT2D eigenvalue weighted by Gasteiger charge is -2.33. The molecule has 0 saturated heterocycles. The number of carbonyl (C=O) groups is 1. The number of aromatic amines is 2. The minimum atomic E-state index is -0.795. The Morgan fingerprint density at radius 2 is 2.00 bits per heavy atom. The van der Waals surface area contributed by atoms with E-state index in [-0.39, 0.29) is 6.73 Å². The largest absolute Gasteiger partial charge is 0.480 e. The van der Waals surface area contributed by atoms with Gasteiger partial charge in [-0.25, -0.2) is 4.79 Å². The number of carboxylic acids is 1. The number of carboxylic acid groups (broad SMARTS) is 1. The predicted molar refractivity (Wildman–Crippen MR) is 120 cm³/mol. The summed E-state index contributed by atoms with van der Waals surface area (Å²) in [6.45, 7) is 0.279. The van der Waals surface area contributed by atoms with Crippen molar-refractivity contribution in [2.45, 2.75) is 18.9 Å². The van der Waals surface area contributed by atoms with Gasteiger partial charge in [-0.15, -0.1) is 0 Å². The molecule has 3 aromatic rings. The molecule has 0 amide bonds. The lowest BCUT2D eigenvalue weighted by Crippen LogP contribution is -2.41. The van der Waals surface area contributed by atoms with E-state index in [2.05, 4.69) is 15.5 Å². The fraction of sp³-hybridized carbons (Fsp3) is 0.250. The molecule has 1 unspecified atom stereocenters. The van der Waals surface area contributed by atoms with Gasteiger partial charge in [-0.3, -0.25) is 14.8 Å². The summed E-state index contributed by atoms with van der Waals surface area (Å²) < 4.78 is 8.59. The zero-order chi connectivity index (χ0) is 21.3. The van der Waals surface area contributed by atoms with Crippen molar-refractivity contribution in [2.24, 2.45) is 0 Å². The Balaban J connectivity index is 1.42. The Kier molecular flexibility index (Phi) is 5.60. The molecule has 156 valence electrons. The molecule has 1 aliphatic heterocycles. The van der Waals surface area contributed by atoms with Crippen LogP contribution in [0.3, 0.4) is 0 Å². The summed E-state index contributed by atoms with van der Waals surface area (Å²) in [4.78, 5) is 13.2. The van der Waals surface area contributed by atoms with E-state index in [0.717, 1.165) is 28.4 Å². The summed E-state index contributed by atoms with van der Waals surface area (Å²) in [6.07, 6.45) is 1.29. The monoisotopic (exact) mass is 443 g/mol. The number of aryl methyl sites for hydroxylation is 1. The van der Waals surface area contributed by atoms with Crippen LogP contribution in [0.5, 0.6) is 5.75 Å². The smallest absolute Gasteiger partial charge is 0.326 e. The molecule has 10 heteroatoms. The number of hydrogen-bond acceptors (Lipinski definition) is 6. The van der Waals surface area contributed by atoms with Crippen LogP contribution in [-0.4, -0.2) is 45.7 Å². The van der Waals surface area contributed by atoms with Crippen LogP contribution in [0.25, 0.3) is 5.69 Å². The van der Waals surface area contributed by atoms with E-state index in [0.29, 0.717) is 22.4 Å². The van der Waals surface area contributed by atoms with Crippen LogP contribution >= 0.6 is 24.4 Å². The van der Waals surface area contributed by atoms with E-state index >= 15 is 0 Å². The van der Waals surface area contributed by atoms with Gasteiger partial charge in [0.15, 0.2) is 16.3 Å². The van der Waals surface area contributed by atoms with Crippen LogP contribution in [0.4, 0.5) is 11.4 Å². The Morgan fingerprint density at radius 3 is 2.73 bits per heavy atom. The van der Waals surface area contributed by atoms with E-state index in [9.17, 15) is 9.90 Å². The molecule has 2 aromatic carbocycles. The number of anilines is 2. The lowest BCUT2D eigenvalue weighted by atomic mass is 9.96. The van der Waals surface area contributed by atoms with E-state index in [1.807, 2.05) is 54.4 Å². The van der Waals surface area contributed by atoms with Crippen molar-refractivity contribution < 1.29 is 14.6 Å². The number of aromatic nitrogens is 3. The third-order valence-electron chi connectivity index (χ3n) is 5.17. The van der Waals surface area contributed by atoms with Gasteiger partial charge in [0.2, 0.25) is 0 Å². The van der Waals surface area contributed by atoms with E-state index in [1.54, 1.807) is 4.57 Å². The minimum Gasteiger partial charge on any atom is -0.480 e. The molecule has 4 N–H and O–H groups in total. The first kappa shape index (κ1) is 20.2. The van der Waals surface area contributed by atoms with Crippen molar-refractivity contribution >= 4 is 41.8 Å². The van der Waals surface area contributed by atoms with Crippen LogP contribution < -0.4 is 15.0 Å². The second kappa shape index (κ2) is 8.33. The highest BCUT2D eigenvalue weighted by atomic mass is 32.1. The molecule has 1 aromatic heterocycles. The summed E-state index contributed by atoms with van der Waals surface area (Å²) in [5, 5.41) is 18.2. The Hall–Kier alpha value is -3.11. The quantitative estimate of drug-likeness (QED) is 0.339. The number of aliphatic carboxylic acids is 1. The number of hydrogen-bond donors (Lipinski definition) is 4. The molecule has 4 rings (SSSR count). The summed E-state index contributed by atoms with van der Waals surface area (Å²) in [6, 6.07) is 13.0. The minimum absolute atomic E-state index is 0.279. The fourth-order valence-electron chi connectivity index (χ4n) is 3.64. The number of benzene rings is 2. The van der Waals surface area contributed by atoms with Crippen LogP contribution in [0, 0.1) is 9.54 Å². The van der Waals surface area contributed by atoms with Crippen molar-refractivity contribution in [2.75, 3.05) is 24.0 Å². The maximum absolute atomic E-state index is 11.4. The first-order valence-corrected chi connectivity index (χ1v) is 10.2. The first-order chi connectivity index (χ1) is 14.4. The van der Waals surface area contributed by atoms with Gasteiger partial charge >= 0.3 is 5.97 Å². The van der Waals surface area contributed by atoms with E-state index in [1.165, 1.54) is 0 Å². The maximum Gasteiger partial charge on any atom is 0.326 e. The van der Waals surface area contributed by atoms with Crippen molar-refractivity contribution in [1.82, 2.24) is 14.8 Å². The second-order valence-corrected chi connectivity index (χ2v) is 7.78. The molecule has 30 heavy (non-hydrogen) atoms. The number of nitrogens with zero attached hydrogens (tertiary/aromatic N) is 2. The molecule has 0 radical (unpaired) electrons. The van der Waals surface area contributed by atoms with Crippen molar-refractivity contribution in [3.8, 4) is 11.4 Å². The molecule has 2 heterocycles. The molecular weight excluding hydrogens is 422 g/mol. The molecule has 0 bridgehead atoms. The summed E-state index contributed by atoms with van der Waals surface area (Å²) in [5.41, 5.74) is 3.73. The molecule has 1 aliphatic rings. The van der Waals surface area contributed by atoms with Gasteiger partial charge in [-0.1, -0.05) is 6.07 Å². The van der Waals surface area contributed by atoms with Crippen molar-refractivity contribution in [3.63, 3.8) is 0 Å². The van der Waals surface area contributed by atoms with Crippen molar-refractivity contribution in [3.05, 3.63) is 57.6 Å². The Labute approximate surface area is 183 Å². The van der Waals surface area contributed by atoms with Gasteiger partial charge in [0.1, 0.15) is 11.8 Å². The van der Waals surface area contributed by atoms with Crippen LogP contribution in [0.15, 0.2) is 42.5 Å². The zero-order valence-corrected chi connectivity index (χ0v) is 17.8. The topological polar surface area (TPSA) is 98.3 Å². The number of nitrogens with one attached hydrogen (secondary N) is 3. The van der Waals surface area contributed by atoms with Crippen LogP contribution in [0.2, 0.25) is 0 Å². The molecule has 0 fully saturated rings. The molecule has 8 nitrogen and oxygen atoms in total. The highest BCUT2D eigenvalue weighted by molar-refractivity contribution is 7.72. The Morgan fingerprint density at radius 1 is 1.23 bits per heavy atom. The van der Waals surface area contributed by atoms with Gasteiger partial charge < -0.3 is 20.1 Å². The summed E-state index contributed by atoms with van der Waals surface area (Å²) >= 11 is 10.5. The van der Waals surface area contributed by atoms with Gasteiger partial charge in [-0.05, 0) is 79.2 Å². The maximum atomic E-state index is 11.4. The second-order valence-electron chi connectivity index (χ2n) is 7.01. The zero-order valence-electron chi connectivity index (χ0n) is 16.2. The average Bonchev–Trinajstić information content (AvgIpc) is 3.06. The van der Waals surface area contributed by atoms with Crippen LogP contribution in [-0.2, 0) is 11.2 Å². The summed E-state index contributed by atoms with van der Waals surface area (Å²) in [7, 11) is 1.81. The van der Waals surface area contributed by atoms with Gasteiger partial charge in [0, 0.05) is 18.4 Å². The third kappa shape index (κ3) is 3.96. The molecule has 0 spiro atoms. The van der Waals surface area contributed by atoms with E-state index < -0.39 is 12.0 Å². The number of ether oxygens (including phenoxy) is 1. The highest BCUT2D eigenvalue weighted by Gasteiger charge is 2.28. The van der Waals surface area contributed by atoms with Gasteiger partial charge in [0.25, 0.3) is 0 Å². The molecular formula is C20H21N5O3S2. The number of H-pyrrole nitrogens is 2. The molecule has 0 aliphatic carbocycles. The number of rotatable bonds is 6. The predicted octanol–water partition coefficient (Wildman–Crippen LogP) is 3.88. The van der Waals surface area contributed by atoms with Gasteiger partial charge in [-0.2, -0.15) is 0 Å². The van der Waals surface area contributed by atoms with E-state index in [4.69, 9.17) is 29.2 Å². The molecule has 1 atom stereocenters. The summed E-state index contributed by atoms with van der Waals surface area (Å²) in [5.74, 6) is -0.0631. The average molecular weight is 444 g/mol. The van der Waals surface area contributed by atoms with Crippen molar-refractivity contribution in [1.29, 1.82) is 0 Å². The number of likely N-dealkylation sites (N-methyl/N-ethyl adjacent to an activating group) is 1. The van der Waals surface area contributed by atoms with Crippen LogP contribution in [0.1, 0.15) is 12.0 Å². The molecule has 0 saturated carbocycles. The normalized spacial score (nSPS) is 15.5. The highest BCUT2D eigenvalue weighted by Crippen LogP contribution is 2.32. The first-order valence-electron chi connectivity index (χ1n) is 9.39. The lowest BCUT2D eigenvalue weighted by molar-refractivity contribution is -0.138. The SMILES string of the molecule is CN1c2ccc(OCNc3cccc(-n4c(=S)[nH][nH]c4=S)c3)cc2CCC1C(=O)O. The fourth-order valence-corrected chi connectivity index (χ4v) is 4.20. The standard InChI is InChI=1S/C20H21N5O3S2/c1-24-16-8-6-15(9-12(16)5-7-17(24)18(26)27)28-11-21-13-3-2-4-14(10-13)25-19(29)22-23-20(25)30/h2-4,6,8-10,17,21H,5,7,11H2,1H3,(H,22,29)(H,23,30)(H,26,27).